The quantitative estimate of drug-likeness (QED) is 0.227. The van der Waals surface area contributed by atoms with Gasteiger partial charge in [0.15, 0.2) is 0 Å². The first-order chi connectivity index (χ1) is 22.9. The second kappa shape index (κ2) is 12.2. The maximum Gasteiger partial charge on any atom is 0.362 e. The van der Waals surface area contributed by atoms with E-state index < -0.39 is 0 Å². The van der Waals surface area contributed by atoms with Crippen LogP contribution in [-0.2, 0) is 14.9 Å². The van der Waals surface area contributed by atoms with Crippen LogP contribution in [0.3, 0.4) is 0 Å². The van der Waals surface area contributed by atoms with Gasteiger partial charge in [0.1, 0.15) is 28.4 Å². The van der Waals surface area contributed by atoms with E-state index in [1.807, 2.05) is 24.3 Å². The summed E-state index contributed by atoms with van der Waals surface area (Å²) in [5.74, 6) is 2.51. The molecule has 0 atom stereocenters. The van der Waals surface area contributed by atoms with Crippen LogP contribution in [0, 0.1) is 5.41 Å². The Hall–Kier alpha value is -4.40. The predicted molar refractivity (Wildman–Crippen MR) is 193 cm³/mol. The molecule has 1 aliphatic carbocycles. The van der Waals surface area contributed by atoms with Gasteiger partial charge < -0.3 is 29.1 Å². The molecule has 0 radical (unpaired) electrons. The van der Waals surface area contributed by atoms with Gasteiger partial charge in [-0.05, 0) is 68.8 Å². The number of anilines is 2. The smallest absolute Gasteiger partial charge is 0.362 e. The lowest BCUT2D eigenvalue weighted by atomic mass is 9.83. The zero-order valence-corrected chi connectivity index (χ0v) is 28.9. The fraction of sp³-hybridized carbons (Fsp3) is 0.400. The van der Waals surface area contributed by atoms with Crippen LogP contribution < -0.4 is 14.5 Å². The van der Waals surface area contributed by atoms with Crippen LogP contribution in [0.1, 0.15) is 58.4 Å². The van der Waals surface area contributed by atoms with Gasteiger partial charge in [-0.1, -0.05) is 20.8 Å². The number of aliphatic hydroxyl groups excluding tert-OH is 1. The van der Waals surface area contributed by atoms with Crippen LogP contribution in [0.2, 0.25) is 0 Å². The second-order valence-corrected chi connectivity index (χ2v) is 15.0. The number of rotatable bonds is 4. The largest absolute Gasteiger partial charge is 0.506 e. The lowest BCUT2D eigenvalue weighted by molar-refractivity contribution is 0.122. The van der Waals surface area contributed by atoms with Crippen molar-refractivity contribution >= 4 is 39.8 Å². The van der Waals surface area contributed by atoms with E-state index in [0.29, 0.717) is 37.6 Å². The highest BCUT2D eigenvalue weighted by molar-refractivity contribution is 6.25. The number of aliphatic hydroxyl groups is 1. The van der Waals surface area contributed by atoms with Crippen molar-refractivity contribution in [1.82, 2.24) is 0 Å². The Morgan fingerprint density at radius 2 is 1.42 bits per heavy atom. The Balaban J connectivity index is 1.27. The Morgan fingerprint density at radius 3 is 2.02 bits per heavy atom. The molecule has 8 nitrogen and oxygen atoms in total. The van der Waals surface area contributed by atoms with Gasteiger partial charge in [0, 0.05) is 66.2 Å². The van der Waals surface area contributed by atoms with Crippen LogP contribution in [0.15, 0.2) is 81.7 Å². The molecule has 2 aromatic carbocycles. The van der Waals surface area contributed by atoms with E-state index in [9.17, 15) is 9.90 Å². The van der Waals surface area contributed by atoms with Crippen molar-refractivity contribution in [3.8, 4) is 5.75 Å². The first kappa shape index (κ1) is 32.2. The van der Waals surface area contributed by atoms with E-state index in [2.05, 4.69) is 87.7 Å². The third-order valence-corrected chi connectivity index (χ3v) is 9.42. The summed E-state index contributed by atoms with van der Waals surface area (Å²) >= 11 is 0. The van der Waals surface area contributed by atoms with E-state index in [-0.39, 0.29) is 22.4 Å². The summed E-state index contributed by atoms with van der Waals surface area (Å²) in [5.41, 5.74) is 5.91. The molecule has 2 saturated heterocycles. The van der Waals surface area contributed by atoms with Crippen molar-refractivity contribution < 1.29 is 28.5 Å². The summed E-state index contributed by atoms with van der Waals surface area (Å²) in [6.07, 6.45) is 5.73. The third kappa shape index (κ3) is 6.15. The molecule has 2 N–H and O–H groups in total. The molecule has 3 aliphatic heterocycles. The van der Waals surface area contributed by atoms with Crippen LogP contribution in [0.4, 0.5) is 11.4 Å². The van der Waals surface area contributed by atoms with Gasteiger partial charge in [-0.15, -0.1) is 0 Å². The maximum atomic E-state index is 11.4. The topological polar surface area (TPSA) is 87.1 Å². The van der Waals surface area contributed by atoms with Crippen LogP contribution in [-0.4, -0.2) is 68.3 Å². The minimum atomic E-state index is -0.246. The molecule has 4 heterocycles. The van der Waals surface area contributed by atoms with Crippen molar-refractivity contribution in [1.29, 1.82) is 0 Å². The number of benzene rings is 2. The Kier molecular flexibility index (Phi) is 8.20. The molecule has 0 bridgehead atoms. The summed E-state index contributed by atoms with van der Waals surface area (Å²) in [6, 6.07) is 14.5. The first-order valence-electron chi connectivity index (χ1n) is 16.9. The summed E-state index contributed by atoms with van der Waals surface area (Å²) < 4.78 is 24.0. The monoisotopic (exact) mass is 650 g/mol. The third-order valence-electron chi connectivity index (χ3n) is 9.42. The second-order valence-electron chi connectivity index (χ2n) is 15.0. The fourth-order valence-corrected chi connectivity index (χ4v) is 6.45. The van der Waals surface area contributed by atoms with Crippen molar-refractivity contribution in [3.05, 3.63) is 94.2 Å². The number of hydrogen-bond acceptors (Lipinski definition) is 6. The average Bonchev–Trinajstić information content (AvgIpc) is 3.08. The molecule has 3 aromatic rings. The van der Waals surface area contributed by atoms with Crippen molar-refractivity contribution in [3.63, 3.8) is 0 Å². The van der Waals surface area contributed by atoms with Crippen LogP contribution in [0.25, 0.3) is 22.6 Å². The molecule has 0 unspecified atom stereocenters. The molecular weight excluding hydrogens is 604 g/mol. The maximum absolute atomic E-state index is 11.4. The summed E-state index contributed by atoms with van der Waals surface area (Å²) in [4.78, 5) is 16.0. The lowest BCUT2D eigenvalue weighted by Crippen LogP contribution is -2.36. The van der Waals surface area contributed by atoms with E-state index in [0.717, 1.165) is 82.5 Å². The van der Waals surface area contributed by atoms with Gasteiger partial charge in [-0.25, -0.2) is 4.42 Å². The Labute approximate surface area is 282 Å². The number of fused-ring (bicyclic) bond motifs is 2. The lowest BCUT2D eigenvalue weighted by Gasteiger charge is -2.32. The molecule has 0 amide bonds. The molecule has 7 rings (SSSR count). The number of allylic oxidation sites excluding steroid dienone is 6. The number of morpholine rings is 2. The van der Waals surface area contributed by atoms with Gasteiger partial charge in [0.05, 0.1) is 43.3 Å². The van der Waals surface area contributed by atoms with E-state index in [1.165, 1.54) is 0 Å². The highest BCUT2D eigenvalue weighted by Crippen LogP contribution is 2.44. The first-order valence-corrected chi connectivity index (χ1v) is 16.9. The minimum absolute atomic E-state index is 0.0554. The van der Waals surface area contributed by atoms with Gasteiger partial charge in [-0.2, -0.15) is 0 Å². The van der Waals surface area contributed by atoms with Crippen LogP contribution in [0.5, 0.6) is 5.75 Å². The fourth-order valence-electron chi connectivity index (χ4n) is 6.45. The van der Waals surface area contributed by atoms with Gasteiger partial charge in [0.2, 0.25) is 0 Å². The number of ketones is 1. The predicted octanol–water partition coefficient (Wildman–Crippen LogP) is 7.84. The van der Waals surface area contributed by atoms with Gasteiger partial charge in [0.25, 0.3) is 0 Å². The SMILES string of the molecule is CC(C)(C)C1=CC(=CC2=C(O)C(=Cc3cc(C(C)(C)C)[o+]c4cc(N5CCOCC5)ccc34)C2=[OH+])c2ccc(N3CCOCC3)cc2O1. The number of carbonyl (C=O) groups excluding carboxylic acids is 1. The Morgan fingerprint density at radius 1 is 0.792 bits per heavy atom. The normalized spacial score (nSPS) is 20.6. The van der Waals surface area contributed by atoms with E-state index in [1.54, 1.807) is 0 Å². The number of nitrogens with zero attached hydrogens (tertiary/aromatic N) is 2. The minimum Gasteiger partial charge on any atom is -0.506 e. The van der Waals surface area contributed by atoms with E-state index >= 15 is 0 Å². The summed E-state index contributed by atoms with van der Waals surface area (Å²) in [6.45, 7) is 18.8. The molecule has 2 fully saturated rings. The molecule has 0 saturated carbocycles. The zero-order valence-electron chi connectivity index (χ0n) is 28.9. The molecule has 250 valence electrons. The molecule has 1 aromatic heterocycles. The van der Waals surface area contributed by atoms with Crippen molar-refractivity contribution in [2.24, 2.45) is 5.41 Å². The number of ether oxygens (including phenoxy) is 3. The molecule has 0 spiro atoms. The van der Waals surface area contributed by atoms with Gasteiger partial charge >= 0.3 is 17.1 Å². The van der Waals surface area contributed by atoms with Crippen molar-refractivity contribution in [2.75, 3.05) is 62.4 Å². The Bertz CT molecular complexity index is 1910. The molecule has 48 heavy (non-hydrogen) atoms. The van der Waals surface area contributed by atoms with E-state index in [4.69, 9.17) is 18.6 Å². The van der Waals surface area contributed by atoms with Gasteiger partial charge in [-0.3, -0.25) is 4.79 Å². The standard InChI is InChI=1S/C40H44N2O6/c1-39(2,3)35-21-25(29-9-7-27(23-33(29)47-35)41-11-15-45-16-12-41)19-31-37(43)32(38(31)44)20-26-22-36(40(4,5)6)48-34-24-28(8-10-30(26)34)42-13-17-46-18-14-42/h7-10,19-24H,11-18H2,1-6H3/p+2. The summed E-state index contributed by atoms with van der Waals surface area (Å²) in [5, 5.41) is 12.3. The van der Waals surface area contributed by atoms with Crippen molar-refractivity contribution in [2.45, 2.75) is 47.0 Å². The number of hydrogen-bond donors (Lipinski definition) is 1. The zero-order chi connectivity index (χ0) is 33.8. The molecular formula is C40H46N2O6+2. The molecule has 4 aliphatic rings. The molecule has 8 heteroatoms. The van der Waals surface area contributed by atoms with Crippen LogP contribution >= 0.6 is 0 Å². The highest BCUT2D eigenvalue weighted by Gasteiger charge is 2.40. The highest BCUT2D eigenvalue weighted by atomic mass is 16.5. The average molecular weight is 651 g/mol. The summed E-state index contributed by atoms with van der Waals surface area (Å²) in [7, 11) is 0.